The molecule has 0 saturated carbocycles. The summed E-state index contributed by atoms with van der Waals surface area (Å²) >= 11 is 0. The molecule has 0 saturated heterocycles. The third-order valence-corrected chi connectivity index (χ3v) is 6.72. The molecule has 3 aromatic carbocycles. The summed E-state index contributed by atoms with van der Waals surface area (Å²) in [6.45, 7) is -0.167. The molecule has 7 nitrogen and oxygen atoms in total. The van der Waals surface area contributed by atoms with Crippen molar-refractivity contribution in [1.29, 1.82) is 0 Å². The molecular weight excluding hydrogens is 446 g/mol. The number of aliphatic hydroxyl groups is 1. The highest BCUT2D eigenvalue weighted by Gasteiger charge is 2.42. The quantitative estimate of drug-likeness (QED) is 0.504. The van der Waals surface area contributed by atoms with Crippen LogP contribution in [0.15, 0.2) is 60.7 Å². The lowest BCUT2D eigenvalue weighted by Crippen LogP contribution is -2.40. The largest absolute Gasteiger partial charge is 0.493 e. The Hall–Kier alpha value is -3.71. The van der Waals surface area contributed by atoms with Gasteiger partial charge in [0.05, 0.1) is 28.4 Å². The number of benzene rings is 3. The molecule has 1 aliphatic carbocycles. The number of amides is 1. The maximum absolute atomic E-state index is 13.5. The fourth-order valence-corrected chi connectivity index (χ4v) is 5.00. The highest BCUT2D eigenvalue weighted by Crippen LogP contribution is 2.48. The van der Waals surface area contributed by atoms with E-state index in [4.69, 9.17) is 18.9 Å². The van der Waals surface area contributed by atoms with Crippen molar-refractivity contribution < 1.29 is 28.8 Å². The number of para-hydroxylation sites is 1. The predicted molar refractivity (Wildman–Crippen MR) is 134 cm³/mol. The van der Waals surface area contributed by atoms with Crippen molar-refractivity contribution in [2.75, 3.05) is 40.4 Å². The van der Waals surface area contributed by atoms with Crippen LogP contribution in [-0.2, 0) is 11.2 Å². The lowest BCUT2D eigenvalue weighted by Gasteiger charge is -2.39. The standard InChI is InChI=1S/C28H31NO6/c1-32-23-11-10-17(13-24(23)33-2)27-20-15-26(35-4)25(34-3)14-18(20)12-21(22(27)16-30)28(31)29-19-8-6-5-7-9-19/h5-11,13-15,21-22,27,30H,12,16H2,1-4H3,(H,29,31)/t21-,22+,27+/m0/s1. The highest BCUT2D eigenvalue weighted by molar-refractivity contribution is 5.93. The number of aliphatic hydroxyl groups excluding tert-OH is 1. The van der Waals surface area contributed by atoms with E-state index in [2.05, 4.69) is 5.32 Å². The van der Waals surface area contributed by atoms with Crippen LogP contribution in [-0.4, -0.2) is 46.1 Å². The summed E-state index contributed by atoms with van der Waals surface area (Å²) in [6, 6.07) is 18.9. The van der Waals surface area contributed by atoms with Crippen molar-refractivity contribution in [3.05, 3.63) is 77.4 Å². The van der Waals surface area contributed by atoms with E-state index in [1.165, 1.54) is 0 Å². The zero-order valence-corrected chi connectivity index (χ0v) is 20.4. The summed E-state index contributed by atoms with van der Waals surface area (Å²) in [5.74, 6) is 1.13. The highest BCUT2D eigenvalue weighted by atomic mass is 16.5. The number of carbonyl (C=O) groups excluding carboxylic acids is 1. The Bertz CT molecular complexity index is 1180. The van der Waals surface area contributed by atoms with Crippen molar-refractivity contribution in [2.45, 2.75) is 12.3 Å². The second-order valence-electron chi connectivity index (χ2n) is 8.51. The van der Waals surface area contributed by atoms with Crippen LogP contribution in [0.3, 0.4) is 0 Å². The summed E-state index contributed by atoms with van der Waals surface area (Å²) in [7, 11) is 6.36. The van der Waals surface area contributed by atoms with E-state index in [1.54, 1.807) is 28.4 Å². The minimum absolute atomic E-state index is 0.138. The molecule has 0 spiro atoms. The van der Waals surface area contributed by atoms with Gasteiger partial charge in [-0.25, -0.2) is 0 Å². The van der Waals surface area contributed by atoms with Crippen molar-refractivity contribution >= 4 is 11.6 Å². The molecule has 0 aliphatic heterocycles. The van der Waals surface area contributed by atoms with Crippen LogP contribution in [0.2, 0.25) is 0 Å². The number of carbonyl (C=O) groups is 1. The molecule has 3 aromatic rings. The second-order valence-corrected chi connectivity index (χ2v) is 8.51. The Kier molecular flexibility index (Phi) is 7.46. The van der Waals surface area contributed by atoms with Gasteiger partial charge in [-0.05, 0) is 59.5 Å². The van der Waals surface area contributed by atoms with E-state index in [0.29, 0.717) is 29.4 Å². The molecule has 4 rings (SSSR count). The van der Waals surface area contributed by atoms with Gasteiger partial charge in [-0.3, -0.25) is 4.79 Å². The molecule has 2 N–H and O–H groups in total. The zero-order valence-electron chi connectivity index (χ0n) is 20.4. The van der Waals surface area contributed by atoms with Gasteiger partial charge in [0.2, 0.25) is 5.91 Å². The Labute approximate surface area is 205 Å². The van der Waals surface area contributed by atoms with Gasteiger partial charge in [0.25, 0.3) is 0 Å². The summed E-state index contributed by atoms with van der Waals surface area (Å²) in [5, 5.41) is 13.6. The monoisotopic (exact) mass is 477 g/mol. The average Bonchev–Trinajstić information content (AvgIpc) is 2.91. The zero-order chi connectivity index (χ0) is 24.9. The van der Waals surface area contributed by atoms with Crippen molar-refractivity contribution in [3.63, 3.8) is 0 Å². The average molecular weight is 478 g/mol. The Balaban J connectivity index is 1.84. The lowest BCUT2D eigenvalue weighted by molar-refractivity contribution is -0.122. The van der Waals surface area contributed by atoms with Crippen LogP contribution < -0.4 is 24.3 Å². The van der Waals surface area contributed by atoms with E-state index < -0.39 is 5.92 Å². The summed E-state index contributed by atoms with van der Waals surface area (Å²) in [4.78, 5) is 13.5. The fraction of sp³-hybridized carbons (Fsp3) is 0.321. The van der Waals surface area contributed by atoms with E-state index in [9.17, 15) is 9.90 Å². The molecule has 7 heteroatoms. The number of nitrogens with one attached hydrogen (secondary N) is 1. The number of hydrogen-bond donors (Lipinski definition) is 2. The molecule has 0 radical (unpaired) electrons. The van der Waals surface area contributed by atoms with Gasteiger partial charge in [-0.2, -0.15) is 0 Å². The number of hydrogen-bond acceptors (Lipinski definition) is 6. The molecule has 35 heavy (non-hydrogen) atoms. The molecule has 184 valence electrons. The van der Waals surface area contributed by atoms with E-state index in [1.807, 2.05) is 60.7 Å². The van der Waals surface area contributed by atoms with Crippen LogP contribution in [0.1, 0.15) is 22.6 Å². The van der Waals surface area contributed by atoms with Crippen LogP contribution in [0.5, 0.6) is 23.0 Å². The molecule has 1 aliphatic rings. The third-order valence-electron chi connectivity index (χ3n) is 6.72. The van der Waals surface area contributed by atoms with Gasteiger partial charge in [0.1, 0.15) is 0 Å². The van der Waals surface area contributed by atoms with Gasteiger partial charge in [-0.1, -0.05) is 24.3 Å². The van der Waals surface area contributed by atoms with Crippen LogP contribution >= 0.6 is 0 Å². The molecule has 0 aromatic heterocycles. The van der Waals surface area contributed by atoms with Crippen LogP contribution in [0.4, 0.5) is 5.69 Å². The Morgan fingerprint density at radius 1 is 0.857 bits per heavy atom. The maximum atomic E-state index is 13.5. The lowest BCUT2D eigenvalue weighted by atomic mass is 9.66. The Morgan fingerprint density at radius 3 is 2.11 bits per heavy atom. The predicted octanol–water partition coefficient (Wildman–Crippen LogP) is 4.27. The molecule has 0 unspecified atom stereocenters. The summed E-state index contributed by atoms with van der Waals surface area (Å²) in [5.41, 5.74) is 3.58. The minimum Gasteiger partial charge on any atom is -0.493 e. The smallest absolute Gasteiger partial charge is 0.228 e. The van der Waals surface area contributed by atoms with Gasteiger partial charge in [0.15, 0.2) is 23.0 Å². The summed E-state index contributed by atoms with van der Waals surface area (Å²) < 4.78 is 22.1. The van der Waals surface area contributed by atoms with Crippen molar-refractivity contribution in [2.24, 2.45) is 11.8 Å². The number of methoxy groups -OCH3 is 4. The molecule has 0 fully saturated rings. The molecule has 1 amide bonds. The van der Waals surface area contributed by atoms with E-state index >= 15 is 0 Å². The molecular formula is C28H31NO6. The Morgan fingerprint density at radius 2 is 1.49 bits per heavy atom. The van der Waals surface area contributed by atoms with Gasteiger partial charge in [-0.15, -0.1) is 0 Å². The first-order valence-corrected chi connectivity index (χ1v) is 11.5. The third kappa shape index (κ3) is 4.77. The van der Waals surface area contributed by atoms with Crippen molar-refractivity contribution in [1.82, 2.24) is 0 Å². The van der Waals surface area contributed by atoms with Crippen LogP contribution in [0.25, 0.3) is 0 Å². The minimum atomic E-state index is -0.469. The molecule has 3 atom stereocenters. The number of ether oxygens (including phenoxy) is 4. The van der Waals surface area contributed by atoms with Gasteiger partial charge in [0, 0.05) is 30.0 Å². The topological polar surface area (TPSA) is 86.3 Å². The molecule has 0 heterocycles. The number of anilines is 1. The van der Waals surface area contributed by atoms with E-state index in [0.717, 1.165) is 22.4 Å². The van der Waals surface area contributed by atoms with Crippen molar-refractivity contribution in [3.8, 4) is 23.0 Å². The normalized spacial score (nSPS) is 18.8. The maximum Gasteiger partial charge on any atom is 0.228 e. The van der Waals surface area contributed by atoms with Crippen LogP contribution in [0, 0.1) is 11.8 Å². The first kappa shape index (κ1) is 24.4. The SMILES string of the molecule is COc1ccc([C@@H]2c3cc(OC)c(OC)cc3C[C@H](C(=O)Nc3ccccc3)[C@H]2CO)cc1OC. The fourth-order valence-electron chi connectivity index (χ4n) is 5.00. The van der Waals surface area contributed by atoms with Gasteiger partial charge >= 0.3 is 0 Å². The first-order valence-electron chi connectivity index (χ1n) is 11.5. The summed E-state index contributed by atoms with van der Waals surface area (Å²) in [6.07, 6.45) is 0.462. The first-order chi connectivity index (χ1) is 17.0. The molecule has 0 bridgehead atoms. The van der Waals surface area contributed by atoms with Gasteiger partial charge < -0.3 is 29.4 Å². The number of fused-ring (bicyclic) bond motifs is 1. The number of rotatable bonds is 8. The van der Waals surface area contributed by atoms with E-state index in [-0.39, 0.29) is 24.3 Å². The second kappa shape index (κ2) is 10.7.